The van der Waals surface area contributed by atoms with Crippen LogP contribution < -0.4 is 65.5 Å². The summed E-state index contributed by atoms with van der Waals surface area (Å²) >= 11 is 0. The van der Waals surface area contributed by atoms with Gasteiger partial charge in [-0.1, -0.05) is 66.2 Å². The highest BCUT2D eigenvalue weighted by Gasteiger charge is 2.44. The van der Waals surface area contributed by atoms with Gasteiger partial charge in [0.2, 0.25) is 23.5 Å². The largest absolute Gasteiger partial charge is 0.383 e. The van der Waals surface area contributed by atoms with Gasteiger partial charge in [0.25, 0.3) is 0 Å². The van der Waals surface area contributed by atoms with Crippen molar-refractivity contribution in [2.45, 2.75) is 134 Å². The van der Waals surface area contributed by atoms with Crippen molar-refractivity contribution in [3.63, 3.8) is 0 Å². The third kappa shape index (κ3) is 18.6. The molecule has 0 spiro atoms. The van der Waals surface area contributed by atoms with Crippen LogP contribution in [0.2, 0.25) is 0 Å². The molecule has 8 amide bonds. The number of halogens is 4. The highest BCUT2D eigenvalue weighted by atomic mass is 19.1. The van der Waals surface area contributed by atoms with Crippen LogP contribution in [0.4, 0.5) is 106 Å². The molecular weight excluding hydrogens is 1780 g/mol. The zero-order valence-electron chi connectivity index (χ0n) is 74.3. The van der Waals surface area contributed by atoms with Crippen molar-refractivity contribution in [3.05, 3.63) is 218 Å². The number of carbonyl (C=O) groups excluding carboxylic acids is 4. The summed E-state index contributed by atoms with van der Waals surface area (Å²) in [4.78, 5) is 89.9. The smallest absolute Gasteiger partial charge is 0.326 e. The number of nitrogens with zero attached hydrogens (tertiary/aromatic N) is 18. The molecule has 43 heteroatoms. The second kappa shape index (κ2) is 36.6. The van der Waals surface area contributed by atoms with E-state index in [0.29, 0.717) is 109 Å². The van der Waals surface area contributed by atoms with Crippen molar-refractivity contribution in [2.24, 2.45) is 0 Å². The minimum atomic E-state index is -0.646. The van der Waals surface area contributed by atoms with E-state index in [2.05, 4.69) is 148 Å². The Morgan fingerprint density at radius 2 is 0.696 bits per heavy atom. The highest BCUT2D eigenvalue weighted by molar-refractivity contribution is 6.07. The number of rotatable bonds is 19. The van der Waals surface area contributed by atoms with Crippen molar-refractivity contribution in [2.75, 3.05) is 98.8 Å². The lowest BCUT2D eigenvalue weighted by molar-refractivity contribution is -0.0532. The molecule has 17 aromatic rings. The molecule has 16 N–H and O–H groups in total. The van der Waals surface area contributed by atoms with E-state index in [1.165, 1.54) is 73.8 Å². The van der Waals surface area contributed by atoms with Gasteiger partial charge >= 0.3 is 24.1 Å². The van der Waals surface area contributed by atoms with Crippen LogP contribution in [0.1, 0.15) is 133 Å². The number of anilines is 12. The number of benzene rings is 4. The summed E-state index contributed by atoms with van der Waals surface area (Å²) in [6.07, 6.45) is 27.1. The fraction of sp³-hybridized carbons (Fsp3) is 0.274. The van der Waals surface area contributed by atoms with E-state index in [9.17, 15) is 28.0 Å². The van der Waals surface area contributed by atoms with Crippen LogP contribution in [0.15, 0.2) is 190 Å². The number of aryl methyl sites for hydroxylation is 1. The number of amides is 8. The first-order valence-corrected chi connectivity index (χ1v) is 44.1. The van der Waals surface area contributed by atoms with E-state index < -0.39 is 47.4 Å². The maximum atomic E-state index is 15.2. The summed E-state index contributed by atoms with van der Waals surface area (Å²) in [6, 6.07) is 27.1. The van der Waals surface area contributed by atoms with Crippen LogP contribution in [-0.4, -0.2) is 146 Å². The first kappa shape index (κ1) is 90.4. The molecule has 23 rings (SSSR count). The van der Waals surface area contributed by atoms with E-state index in [-0.39, 0.29) is 81.8 Å². The molecule has 0 radical (unpaired) electrons. The first-order valence-electron chi connectivity index (χ1n) is 44.1. The van der Waals surface area contributed by atoms with Crippen LogP contribution in [0.5, 0.6) is 0 Å². The molecule has 4 aromatic carbocycles. The van der Waals surface area contributed by atoms with Gasteiger partial charge in [-0.15, -0.1) is 0 Å². The summed E-state index contributed by atoms with van der Waals surface area (Å²) in [7, 11) is 2.12. The number of likely N-dealkylation sites (tertiary alicyclic amines) is 1. The first-order chi connectivity index (χ1) is 66.1. The molecule has 2 saturated heterocycles. The van der Waals surface area contributed by atoms with Gasteiger partial charge in [0.15, 0.2) is 5.65 Å². The Hall–Kier alpha value is -16.7. The number of nitrogen functional groups attached to an aromatic ring is 4. The van der Waals surface area contributed by atoms with Crippen molar-refractivity contribution in [3.8, 4) is 50.2 Å². The van der Waals surface area contributed by atoms with Crippen molar-refractivity contribution < 1.29 is 59.6 Å². The molecule has 706 valence electrons. The zero-order chi connectivity index (χ0) is 94.9. The number of pyridine rings is 1. The van der Waals surface area contributed by atoms with Crippen molar-refractivity contribution in [1.82, 2.24) is 88.7 Å². The molecule has 4 saturated carbocycles. The van der Waals surface area contributed by atoms with Gasteiger partial charge in [0.05, 0.1) is 91.4 Å². The number of hydrogen-bond donors (Lipinski definition) is 12. The van der Waals surface area contributed by atoms with Gasteiger partial charge in [0, 0.05) is 113 Å². The normalized spacial score (nSPS) is 15.5. The number of aromatic nitrogens is 17. The van der Waals surface area contributed by atoms with Crippen LogP contribution in [0.25, 0.3) is 94.3 Å². The molecule has 6 fully saturated rings. The Morgan fingerprint density at radius 3 is 1.01 bits per heavy atom. The summed E-state index contributed by atoms with van der Waals surface area (Å²) in [5, 5.41) is 38.5. The number of hydrogen-bond acceptors (Lipinski definition) is 27. The Morgan fingerprint density at radius 1 is 0.384 bits per heavy atom. The monoisotopic (exact) mass is 1870 g/mol. The van der Waals surface area contributed by atoms with Crippen LogP contribution in [0, 0.1) is 30.2 Å². The van der Waals surface area contributed by atoms with Gasteiger partial charge in [-0.3, -0.25) is 26.3 Å². The fourth-order valence-corrected chi connectivity index (χ4v) is 16.7. The molecule has 0 atom stereocenters. The molecule has 13 aromatic heterocycles. The van der Waals surface area contributed by atoms with E-state index in [1.54, 1.807) is 67.8 Å². The van der Waals surface area contributed by atoms with E-state index in [4.69, 9.17) is 45.8 Å². The minimum Gasteiger partial charge on any atom is -0.383 e. The summed E-state index contributed by atoms with van der Waals surface area (Å²) in [5.41, 5.74) is 36.4. The number of nitrogens with two attached hydrogens (primary N) is 4. The van der Waals surface area contributed by atoms with Gasteiger partial charge in [-0.25, -0.2) is 76.6 Å². The number of urea groups is 4. The number of nitrogens with one attached hydrogen (secondary N) is 8. The van der Waals surface area contributed by atoms with Crippen LogP contribution in [-0.2, 0) is 21.0 Å². The molecule has 39 nitrogen and oxygen atoms in total. The second-order valence-corrected chi connectivity index (χ2v) is 35.6. The quantitative estimate of drug-likeness (QED) is 0.0335. The Kier molecular flexibility index (Phi) is 24.0. The molecular formula is C95H94F4N30O9. The fourth-order valence-electron chi connectivity index (χ4n) is 16.7. The summed E-state index contributed by atoms with van der Waals surface area (Å²) in [5.74, 6) is -0.302. The van der Waals surface area contributed by atoms with E-state index in [1.807, 2.05) is 48.4 Å². The predicted molar refractivity (Wildman–Crippen MR) is 510 cm³/mol. The average molecular weight is 1880 g/mol. The lowest BCUT2D eigenvalue weighted by Crippen LogP contribution is -2.44. The molecule has 15 heterocycles. The van der Waals surface area contributed by atoms with Gasteiger partial charge in [-0.05, 0) is 181 Å². The second-order valence-electron chi connectivity index (χ2n) is 35.6. The molecule has 2 aliphatic heterocycles. The number of fused-ring (bicyclic) bond motifs is 4. The molecule has 0 bridgehead atoms. The van der Waals surface area contributed by atoms with E-state index >= 15 is 8.78 Å². The molecule has 0 unspecified atom stereocenters. The summed E-state index contributed by atoms with van der Waals surface area (Å²) in [6.45, 7) is 11.0. The SMILES string of the molecule is C.CC1(c2cc(NC(=O)Nc3ccc(-c4cn(-c5ccncc5)c5ncnc(N)c45)cc3F)on2)CC1.CC1(c2cc(NC(=O)Nc3ccc(-c4cn(C5CC5)c5ncnc(N)c45)cc3F)on2)COC1.CN1CCC(n2cc(-c3ccc(NC(=O)Nc4cc(C5(C)CC5)no4)c(F)c3)c3c(N)ncnc32)CC1.Cc1cc(NC(=O)Nc2ccc(-c3cn(C4CC4)c4ncnc(N)c34)cc2F)on1. The Balaban J connectivity index is 0.000000118. The standard InChI is InChI=1S/C26H29FN8O2.C25H21FN8O2.C23H22FN7O3.C20H18FN7O2.CH4/c1-26(7-8-26)20-12-21(37-33-20)32-25(36)31-19-4-3-15(11-18(19)27)17-13-35(16-5-9-34(2)10-6-16)24-22(17)23(28)29-14-30-24;1-25(6-7-25)19-11-20(36-33-19)32-24(35)31-18-3-2-14(10-17(18)26)16-12-34(15-4-8-28-9-5-15)23-21(16)22(27)29-13-30-23;1-23(9-33-10-23)17-7-18(34-30-17)29-22(32)28-16-5-2-12(6-15(16)24)14-8-31(13-3-4-13)21-19(14)20(25)26-11-27-21;1-10-6-16(30-27-10)26-20(29)25-15-5-2-11(7-14(15)21)13-8-28(12-3-4-12)19-17(13)18(22)23-9-24-19;/h3-4,11-14,16H,5-10H2,1-2H3,(H2,28,29,30)(H2,31,32,36);2-5,8-13H,6-7H2,1H3,(H2,27,29,30)(H2,31,32,35);2,5-8,11,13H,3-4,9-10H2,1H3,(H2,25,26,27)(H2,28,29,32);2,5-9,12H,3-4H2,1H3,(H2,22,23,24)(H2,25,26,29);1H4. The third-order valence-electron chi connectivity index (χ3n) is 25.3. The third-order valence-corrected chi connectivity index (χ3v) is 25.3. The Labute approximate surface area is 782 Å². The van der Waals surface area contributed by atoms with E-state index in [0.717, 1.165) is 128 Å². The van der Waals surface area contributed by atoms with Crippen molar-refractivity contribution >= 4 is 138 Å². The van der Waals surface area contributed by atoms with Gasteiger partial charge in [0.1, 0.15) is 88.8 Å². The lowest BCUT2D eigenvalue weighted by Gasteiger charge is -2.35. The van der Waals surface area contributed by atoms with Crippen LogP contribution >= 0.6 is 0 Å². The predicted octanol–water partition coefficient (Wildman–Crippen LogP) is 18.5. The Bertz CT molecular complexity index is 7540. The minimum absolute atomic E-state index is 0. The zero-order valence-corrected chi connectivity index (χ0v) is 74.3. The molecule has 138 heavy (non-hydrogen) atoms. The summed E-state index contributed by atoms with van der Waals surface area (Å²) < 4.78 is 93.8. The number of piperidine rings is 1. The van der Waals surface area contributed by atoms with Gasteiger partial charge < -0.3 is 90.2 Å². The average Bonchev–Trinajstić information content (AvgIpc) is 1.60. The van der Waals surface area contributed by atoms with Crippen molar-refractivity contribution in [1.29, 1.82) is 0 Å². The van der Waals surface area contributed by atoms with Gasteiger partial charge in [-0.2, -0.15) is 0 Å². The number of ether oxygens (including phenoxy) is 1. The molecule has 4 aliphatic carbocycles. The topological polar surface area (TPSA) is 521 Å². The molecule has 6 aliphatic rings. The number of carbonyl (C=O) groups is 4. The maximum absolute atomic E-state index is 15.2. The highest BCUT2D eigenvalue weighted by Crippen LogP contribution is 2.50. The lowest BCUT2D eigenvalue weighted by atomic mass is 9.85. The van der Waals surface area contributed by atoms with Crippen LogP contribution in [0.3, 0.4) is 0 Å². The maximum Gasteiger partial charge on any atom is 0.326 e.